The molecule has 0 aliphatic rings. The van der Waals surface area contributed by atoms with E-state index in [9.17, 15) is 21.9 Å². The minimum absolute atomic E-state index is 0.166. The van der Waals surface area contributed by atoms with Crippen LogP contribution in [-0.4, -0.2) is 49.8 Å². The van der Waals surface area contributed by atoms with Crippen molar-refractivity contribution in [1.29, 1.82) is 0 Å². The minimum atomic E-state index is -3.73. The summed E-state index contributed by atoms with van der Waals surface area (Å²) in [6.07, 6.45) is 4.72. The Morgan fingerprint density at radius 3 is 2.29 bits per heavy atom. The van der Waals surface area contributed by atoms with Gasteiger partial charge in [-0.05, 0) is 62.2 Å². The van der Waals surface area contributed by atoms with Crippen LogP contribution in [0.5, 0.6) is 0 Å². The van der Waals surface area contributed by atoms with Crippen molar-refractivity contribution in [3.05, 3.63) is 97.0 Å². The summed E-state index contributed by atoms with van der Waals surface area (Å²) in [6, 6.07) is 21.9. The molecule has 10 nitrogen and oxygen atoms in total. The predicted molar refractivity (Wildman–Crippen MR) is 161 cm³/mol. The van der Waals surface area contributed by atoms with E-state index in [0.717, 1.165) is 23.9 Å². The van der Waals surface area contributed by atoms with Gasteiger partial charge < -0.3 is 15.0 Å². The zero-order valence-electron chi connectivity index (χ0n) is 23.2. The summed E-state index contributed by atoms with van der Waals surface area (Å²) in [7, 11) is -7.06. The summed E-state index contributed by atoms with van der Waals surface area (Å²) in [6.45, 7) is 5.07. The monoisotopic (exact) mass is 597 g/mol. The average Bonchev–Trinajstić information content (AvgIpc) is 3.40. The van der Waals surface area contributed by atoms with E-state index in [-0.39, 0.29) is 17.0 Å². The van der Waals surface area contributed by atoms with Crippen molar-refractivity contribution in [1.82, 2.24) is 14.9 Å². The van der Waals surface area contributed by atoms with Crippen molar-refractivity contribution >= 4 is 31.4 Å². The number of imidazole rings is 1. The molecule has 0 saturated carbocycles. The minimum Gasteiger partial charge on any atom is -0.387 e. The van der Waals surface area contributed by atoms with Crippen LogP contribution in [-0.2, 0) is 26.6 Å². The standard InChI is InChI=1S/C29H35N5O5S2/c1-29(2,16-17-34-20-27(30-21-34)22-12-14-24(15-13-22)32-40(3,36)37)31-19-28(35)23-8-7-9-25(18-23)33-41(38,39)26-10-5-4-6-11-26/h4-15,18,20-21,28,31-33,35H,16-17,19H2,1-3H3. The van der Waals surface area contributed by atoms with Gasteiger partial charge in [-0.2, -0.15) is 0 Å². The van der Waals surface area contributed by atoms with Crippen LogP contribution in [0.25, 0.3) is 11.3 Å². The summed E-state index contributed by atoms with van der Waals surface area (Å²) in [5.74, 6) is 0. The molecule has 4 N–H and O–H groups in total. The van der Waals surface area contributed by atoms with Crippen LogP contribution in [0.4, 0.5) is 11.4 Å². The van der Waals surface area contributed by atoms with Gasteiger partial charge in [0.25, 0.3) is 10.0 Å². The van der Waals surface area contributed by atoms with Gasteiger partial charge in [0.1, 0.15) is 0 Å². The fourth-order valence-electron chi connectivity index (χ4n) is 4.17. The molecule has 1 heterocycles. The highest BCUT2D eigenvalue weighted by molar-refractivity contribution is 7.92. The Labute approximate surface area is 241 Å². The molecule has 12 heteroatoms. The van der Waals surface area contributed by atoms with E-state index >= 15 is 0 Å². The average molecular weight is 598 g/mol. The molecule has 0 aliphatic carbocycles. The number of sulfonamides is 2. The zero-order chi connectivity index (χ0) is 29.7. The first-order valence-electron chi connectivity index (χ1n) is 13.0. The molecule has 1 unspecified atom stereocenters. The summed E-state index contributed by atoms with van der Waals surface area (Å²) >= 11 is 0. The van der Waals surface area contributed by atoms with Crippen LogP contribution in [0.15, 0.2) is 96.3 Å². The second kappa shape index (κ2) is 12.4. The van der Waals surface area contributed by atoms with E-state index in [1.807, 2.05) is 22.9 Å². The number of aromatic nitrogens is 2. The van der Waals surface area contributed by atoms with Crippen LogP contribution in [0.1, 0.15) is 31.9 Å². The summed E-state index contributed by atoms with van der Waals surface area (Å²) < 4.78 is 55.1. The van der Waals surface area contributed by atoms with Gasteiger partial charge in [-0.3, -0.25) is 9.44 Å². The first-order valence-corrected chi connectivity index (χ1v) is 16.4. The first kappa shape index (κ1) is 30.3. The molecule has 3 aromatic carbocycles. The highest BCUT2D eigenvalue weighted by atomic mass is 32.2. The van der Waals surface area contributed by atoms with E-state index in [0.29, 0.717) is 23.5 Å². The fraction of sp³-hybridized carbons (Fsp3) is 0.276. The first-order chi connectivity index (χ1) is 19.3. The molecular weight excluding hydrogens is 562 g/mol. The maximum atomic E-state index is 12.7. The van der Waals surface area contributed by atoms with Crippen LogP contribution in [0.2, 0.25) is 0 Å². The van der Waals surface area contributed by atoms with Gasteiger partial charge in [0.05, 0.1) is 29.3 Å². The Morgan fingerprint density at radius 1 is 0.902 bits per heavy atom. The van der Waals surface area contributed by atoms with Gasteiger partial charge >= 0.3 is 0 Å². The molecule has 4 rings (SSSR count). The maximum Gasteiger partial charge on any atom is 0.261 e. The molecule has 218 valence electrons. The number of nitrogens with one attached hydrogen (secondary N) is 3. The lowest BCUT2D eigenvalue weighted by Crippen LogP contribution is -2.42. The van der Waals surface area contributed by atoms with Gasteiger partial charge in [0, 0.05) is 41.8 Å². The third-order valence-corrected chi connectivity index (χ3v) is 8.47. The quantitative estimate of drug-likeness (QED) is 0.181. The molecule has 0 bridgehead atoms. The van der Waals surface area contributed by atoms with E-state index in [4.69, 9.17) is 0 Å². The van der Waals surface area contributed by atoms with Gasteiger partial charge in [0.2, 0.25) is 10.0 Å². The SMILES string of the molecule is CC(C)(CCn1cnc(-c2ccc(NS(C)(=O)=O)cc2)c1)NCC(O)c1cccc(NS(=O)(=O)c2ccccc2)c1. The third kappa shape index (κ3) is 8.89. The second-order valence-electron chi connectivity index (χ2n) is 10.5. The molecule has 0 spiro atoms. The van der Waals surface area contributed by atoms with Crippen molar-refractivity contribution in [2.45, 2.75) is 43.4 Å². The van der Waals surface area contributed by atoms with Gasteiger partial charge in [-0.1, -0.05) is 42.5 Å². The van der Waals surface area contributed by atoms with E-state index in [1.54, 1.807) is 60.9 Å². The van der Waals surface area contributed by atoms with Gasteiger partial charge in [-0.15, -0.1) is 0 Å². The number of nitrogens with zero attached hydrogens (tertiary/aromatic N) is 2. The van der Waals surface area contributed by atoms with Gasteiger partial charge in [-0.25, -0.2) is 21.8 Å². The van der Waals surface area contributed by atoms with Crippen molar-refractivity contribution < 1.29 is 21.9 Å². The number of rotatable bonds is 13. The number of aryl methyl sites for hydroxylation is 1. The molecule has 0 fully saturated rings. The highest BCUT2D eigenvalue weighted by Crippen LogP contribution is 2.23. The molecule has 0 saturated heterocycles. The highest BCUT2D eigenvalue weighted by Gasteiger charge is 2.20. The molecule has 41 heavy (non-hydrogen) atoms. The number of aliphatic hydroxyl groups excluding tert-OH is 1. The normalized spacial score (nSPS) is 13.1. The lowest BCUT2D eigenvalue weighted by Gasteiger charge is -2.28. The lowest BCUT2D eigenvalue weighted by molar-refractivity contribution is 0.158. The third-order valence-electron chi connectivity index (χ3n) is 6.46. The van der Waals surface area contributed by atoms with Gasteiger partial charge in [0.15, 0.2) is 0 Å². The second-order valence-corrected chi connectivity index (χ2v) is 14.0. The smallest absolute Gasteiger partial charge is 0.261 e. The van der Waals surface area contributed by atoms with Crippen molar-refractivity contribution in [3.8, 4) is 11.3 Å². The Kier molecular flexibility index (Phi) is 9.17. The summed E-state index contributed by atoms with van der Waals surface area (Å²) in [4.78, 5) is 4.64. The molecule has 1 atom stereocenters. The number of hydrogen-bond donors (Lipinski definition) is 4. The number of anilines is 2. The predicted octanol–water partition coefficient (Wildman–Crippen LogP) is 4.21. The maximum absolute atomic E-state index is 12.7. The summed E-state index contributed by atoms with van der Waals surface area (Å²) in [5, 5.41) is 14.2. The Morgan fingerprint density at radius 2 is 1.61 bits per heavy atom. The van der Waals surface area contributed by atoms with Crippen molar-refractivity contribution in [2.75, 3.05) is 22.2 Å². The van der Waals surface area contributed by atoms with Crippen LogP contribution in [0, 0.1) is 0 Å². The number of hydrogen-bond acceptors (Lipinski definition) is 7. The molecule has 1 aromatic heterocycles. The van der Waals surface area contributed by atoms with E-state index in [1.165, 1.54) is 12.1 Å². The Balaban J connectivity index is 1.30. The number of benzene rings is 3. The van der Waals surface area contributed by atoms with E-state index in [2.05, 4.69) is 33.6 Å². The van der Waals surface area contributed by atoms with E-state index < -0.39 is 26.2 Å². The number of aliphatic hydroxyl groups is 1. The fourth-order valence-corrected chi connectivity index (χ4v) is 5.80. The summed E-state index contributed by atoms with van der Waals surface area (Å²) in [5.41, 5.74) is 2.81. The molecule has 0 aliphatic heterocycles. The van der Waals surface area contributed by atoms with Crippen molar-refractivity contribution in [2.24, 2.45) is 0 Å². The molecule has 4 aromatic rings. The van der Waals surface area contributed by atoms with Crippen LogP contribution in [0.3, 0.4) is 0 Å². The molecular formula is C29H35N5O5S2. The molecule has 0 amide bonds. The Hall–Kier alpha value is -3.71. The van der Waals surface area contributed by atoms with Crippen LogP contribution >= 0.6 is 0 Å². The topological polar surface area (TPSA) is 142 Å². The van der Waals surface area contributed by atoms with Crippen LogP contribution < -0.4 is 14.8 Å². The number of β-amino-alcohol motifs (C(OH)–C–C–N with tert-alkyl or cyclic N) is 1. The lowest BCUT2D eigenvalue weighted by atomic mass is 9.99. The Bertz CT molecular complexity index is 1670. The molecule has 0 radical (unpaired) electrons. The van der Waals surface area contributed by atoms with Crippen molar-refractivity contribution in [3.63, 3.8) is 0 Å². The zero-order valence-corrected chi connectivity index (χ0v) is 24.8. The largest absolute Gasteiger partial charge is 0.387 e.